The summed E-state index contributed by atoms with van der Waals surface area (Å²) in [6.07, 6.45) is 2.54. The Labute approximate surface area is 200 Å². The first kappa shape index (κ1) is 22.3. The summed E-state index contributed by atoms with van der Waals surface area (Å²) in [5, 5.41) is 0.552. The number of carbonyl (C=O) groups is 2. The van der Waals surface area contributed by atoms with Crippen LogP contribution in [0, 0.1) is 0 Å². The molecule has 0 saturated carbocycles. The second-order valence-electron chi connectivity index (χ2n) is 7.03. The highest BCUT2D eigenvalue weighted by Crippen LogP contribution is 2.33. The third kappa shape index (κ3) is 5.46. The molecular formula is C25H18ClNO3S2. The van der Waals surface area contributed by atoms with Crippen molar-refractivity contribution in [1.29, 1.82) is 0 Å². The van der Waals surface area contributed by atoms with Crippen molar-refractivity contribution in [3.05, 3.63) is 105 Å². The number of benzene rings is 3. The van der Waals surface area contributed by atoms with Gasteiger partial charge in [0.1, 0.15) is 10.1 Å². The summed E-state index contributed by atoms with van der Waals surface area (Å²) in [6, 6.07) is 23.5. The maximum absolute atomic E-state index is 12.8. The van der Waals surface area contributed by atoms with Crippen LogP contribution >= 0.6 is 35.6 Å². The van der Waals surface area contributed by atoms with Gasteiger partial charge in [0.05, 0.1) is 10.5 Å². The molecular weight excluding hydrogens is 462 g/mol. The van der Waals surface area contributed by atoms with Crippen LogP contribution in [0.2, 0.25) is 5.02 Å². The molecule has 32 heavy (non-hydrogen) atoms. The van der Waals surface area contributed by atoms with Gasteiger partial charge >= 0.3 is 5.97 Å². The molecule has 1 fully saturated rings. The molecule has 0 radical (unpaired) electrons. The smallest absolute Gasteiger partial charge is 0.343 e. The Morgan fingerprint density at radius 2 is 1.69 bits per heavy atom. The normalized spacial score (nSPS) is 14.8. The summed E-state index contributed by atoms with van der Waals surface area (Å²) < 4.78 is 5.95. The van der Waals surface area contributed by atoms with E-state index in [2.05, 4.69) is 0 Å². The Bertz CT molecular complexity index is 1180. The Balaban J connectivity index is 1.39. The van der Waals surface area contributed by atoms with Crippen molar-refractivity contribution in [2.45, 2.75) is 6.42 Å². The molecule has 1 aliphatic heterocycles. The number of amides is 1. The highest BCUT2D eigenvalue weighted by molar-refractivity contribution is 8.26. The molecule has 0 atom stereocenters. The molecule has 0 bridgehead atoms. The molecule has 0 spiro atoms. The summed E-state index contributed by atoms with van der Waals surface area (Å²) in [5.41, 5.74) is 2.40. The molecule has 160 valence electrons. The highest BCUT2D eigenvalue weighted by Gasteiger charge is 2.31. The van der Waals surface area contributed by atoms with Crippen molar-refractivity contribution >= 4 is 57.9 Å². The predicted molar refractivity (Wildman–Crippen MR) is 133 cm³/mol. The van der Waals surface area contributed by atoms with Crippen LogP contribution in [-0.2, 0) is 11.2 Å². The minimum atomic E-state index is -0.464. The average Bonchev–Trinajstić information content (AvgIpc) is 3.07. The van der Waals surface area contributed by atoms with Crippen LogP contribution in [0.4, 0.5) is 0 Å². The van der Waals surface area contributed by atoms with Crippen molar-refractivity contribution in [1.82, 2.24) is 4.90 Å². The van der Waals surface area contributed by atoms with Gasteiger partial charge in [-0.1, -0.05) is 78.0 Å². The Kier molecular flexibility index (Phi) is 7.05. The van der Waals surface area contributed by atoms with Gasteiger partial charge in [0, 0.05) is 11.6 Å². The lowest BCUT2D eigenvalue weighted by molar-refractivity contribution is -0.122. The van der Waals surface area contributed by atoms with E-state index >= 15 is 0 Å². The zero-order valence-electron chi connectivity index (χ0n) is 16.9. The van der Waals surface area contributed by atoms with Crippen LogP contribution in [0.5, 0.6) is 5.75 Å². The predicted octanol–water partition coefficient (Wildman–Crippen LogP) is 6.00. The summed E-state index contributed by atoms with van der Waals surface area (Å²) in [6.45, 7) is 0.547. The van der Waals surface area contributed by atoms with Crippen LogP contribution in [-0.4, -0.2) is 27.6 Å². The summed E-state index contributed by atoms with van der Waals surface area (Å²) in [5.74, 6) is -0.139. The van der Waals surface area contributed by atoms with Crippen LogP contribution < -0.4 is 4.74 Å². The maximum atomic E-state index is 12.8. The molecule has 1 heterocycles. The molecule has 1 amide bonds. The quantitative estimate of drug-likeness (QED) is 0.188. The molecule has 1 saturated heterocycles. The van der Waals surface area contributed by atoms with Gasteiger partial charge in [-0.3, -0.25) is 9.69 Å². The molecule has 1 aliphatic rings. The highest BCUT2D eigenvalue weighted by atomic mass is 35.5. The Hall–Kier alpha value is -2.93. The molecule has 4 rings (SSSR count). The maximum Gasteiger partial charge on any atom is 0.343 e. The van der Waals surface area contributed by atoms with E-state index in [0.29, 0.717) is 32.1 Å². The first-order chi connectivity index (χ1) is 15.5. The molecule has 0 unspecified atom stereocenters. The van der Waals surface area contributed by atoms with E-state index in [1.807, 2.05) is 30.3 Å². The molecule has 7 heteroatoms. The van der Waals surface area contributed by atoms with Gasteiger partial charge in [0.25, 0.3) is 5.91 Å². The van der Waals surface area contributed by atoms with E-state index in [0.717, 1.165) is 17.5 Å². The van der Waals surface area contributed by atoms with E-state index in [1.165, 1.54) is 11.8 Å². The summed E-state index contributed by atoms with van der Waals surface area (Å²) >= 11 is 12.6. The van der Waals surface area contributed by atoms with Gasteiger partial charge < -0.3 is 4.74 Å². The monoisotopic (exact) mass is 479 g/mol. The van der Waals surface area contributed by atoms with Gasteiger partial charge in [0.2, 0.25) is 0 Å². The Morgan fingerprint density at radius 1 is 1.00 bits per heavy atom. The third-order valence-corrected chi connectivity index (χ3v) is 6.44. The summed E-state index contributed by atoms with van der Waals surface area (Å²) in [7, 11) is 0. The van der Waals surface area contributed by atoms with Crippen molar-refractivity contribution < 1.29 is 14.3 Å². The number of thiocarbonyl (C=S) groups is 1. The van der Waals surface area contributed by atoms with Crippen LogP contribution in [0.15, 0.2) is 83.8 Å². The number of carbonyl (C=O) groups excluding carboxylic acids is 2. The van der Waals surface area contributed by atoms with E-state index < -0.39 is 5.97 Å². The topological polar surface area (TPSA) is 46.6 Å². The number of hydrogen-bond acceptors (Lipinski definition) is 5. The molecule has 3 aromatic carbocycles. The minimum Gasteiger partial charge on any atom is -0.423 e. The molecule has 0 aromatic heterocycles. The van der Waals surface area contributed by atoms with Crippen molar-refractivity contribution in [2.24, 2.45) is 0 Å². The number of halogens is 1. The number of ether oxygens (including phenoxy) is 1. The SMILES string of the molecule is O=C(Oc1ccc(/C=C2\SC(=S)N(CCc3ccccc3)C2=O)cc1)c1ccc(Cl)cc1. The number of thioether (sulfide) groups is 1. The number of esters is 1. The third-order valence-electron chi connectivity index (χ3n) is 4.81. The van der Waals surface area contributed by atoms with Gasteiger partial charge in [0.15, 0.2) is 0 Å². The van der Waals surface area contributed by atoms with Crippen molar-refractivity contribution in [3.8, 4) is 5.75 Å². The number of rotatable bonds is 6. The summed E-state index contributed by atoms with van der Waals surface area (Å²) in [4.78, 5) is 27.2. The molecule has 0 aliphatic carbocycles. The zero-order valence-corrected chi connectivity index (χ0v) is 19.3. The molecule has 4 nitrogen and oxygen atoms in total. The fraction of sp³-hybridized carbons (Fsp3) is 0.0800. The minimum absolute atomic E-state index is 0.0887. The largest absolute Gasteiger partial charge is 0.423 e. The van der Waals surface area contributed by atoms with Crippen LogP contribution in [0.1, 0.15) is 21.5 Å². The first-order valence-electron chi connectivity index (χ1n) is 9.87. The number of nitrogens with zero attached hydrogens (tertiary/aromatic N) is 1. The van der Waals surface area contributed by atoms with Crippen LogP contribution in [0.3, 0.4) is 0 Å². The molecule has 0 N–H and O–H groups in total. The van der Waals surface area contributed by atoms with Gasteiger partial charge in [-0.05, 0) is 60.0 Å². The average molecular weight is 480 g/mol. The van der Waals surface area contributed by atoms with Crippen molar-refractivity contribution in [3.63, 3.8) is 0 Å². The van der Waals surface area contributed by atoms with Gasteiger partial charge in [-0.25, -0.2) is 4.79 Å². The van der Waals surface area contributed by atoms with Gasteiger partial charge in [-0.15, -0.1) is 0 Å². The lowest BCUT2D eigenvalue weighted by atomic mass is 10.1. The standard InChI is InChI=1S/C25H18ClNO3S2/c26-20-10-8-19(9-11-20)24(29)30-21-12-6-18(7-13-21)16-22-23(28)27(25(31)32-22)15-14-17-4-2-1-3-5-17/h1-13,16H,14-15H2/b22-16-. The van der Waals surface area contributed by atoms with E-state index in [1.54, 1.807) is 59.5 Å². The first-order valence-corrected chi connectivity index (χ1v) is 11.5. The zero-order chi connectivity index (χ0) is 22.5. The fourth-order valence-corrected chi connectivity index (χ4v) is 4.55. The van der Waals surface area contributed by atoms with E-state index in [-0.39, 0.29) is 5.91 Å². The van der Waals surface area contributed by atoms with Crippen LogP contribution in [0.25, 0.3) is 6.08 Å². The fourth-order valence-electron chi connectivity index (χ4n) is 3.11. The number of hydrogen-bond donors (Lipinski definition) is 0. The van der Waals surface area contributed by atoms with E-state index in [4.69, 9.17) is 28.6 Å². The lowest BCUT2D eigenvalue weighted by Gasteiger charge is -2.14. The Morgan fingerprint density at radius 3 is 2.38 bits per heavy atom. The van der Waals surface area contributed by atoms with Gasteiger partial charge in [-0.2, -0.15) is 0 Å². The second-order valence-corrected chi connectivity index (χ2v) is 9.15. The molecule has 3 aromatic rings. The van der Waals surface area contributed by atoms with E-state index in [9.17, 15) is 9.59 Å². The lowest BCUT2D eigenvalue weighted by Crippen LogP contribution is -2.30. The second kappa shape index (κ2) is 10.1. The van der Waals surface area contributed by atoms with Crippen molar-refractivity contribution in [2.75, 3.05) is 6.54 Å².